The summed E-state index contributed by atoms with van der Waals surface area (Å²) in [6.45, 7) is 4.20. The third-order valence-corrected chi connectivity index (χ3v) is 7.54. The number of carbonyl (C=O) groups is 2. The molecule has 0 radical (unpaired) electrons. The van der Waals surface area contributed by atoms with Crippen molar-refractivity contribution in [2.45, 2.75) is 51.1 Å². The van der Waals surface area contributed by atoms with Gasteiger partial charge < -0.3 is 10.2 Å². The zero-order chi connectivity index (χ0) is 25.9. The van der Waals surface area contributed by atoms with Crippen LogP contribution in [0.25, 0.3) is 0 Å². The van der Waals surface area contributed by atoms with Gasteiger partial charge in [-0.3, -0.25) is 9.59 Å². The second-order valence-corrected chi connectivity index (χ2v) is 10.6. The summed E-state index contributed by atoms with van der Waals surface area (Å²) >= 11 is 14.1. The van der Waals surface area contributed by atoms with Gasteiger partial charge in [0.05, 0.1) is 5.75 Å². The third-order valence-electron chi connectivity index (χ3n) is 5.97. The Labute approximate surface area is 228 Å². The number of nitrogens with one attached hydrogen (secondary N) is 1. The van der Waals surface area contributed by atoms with Crippen molar-refractivity contribution in [3.8, 4) is 0 Å². The number of rotatable bonds is 12. The van der Waals surface area contributed by atoms with Crippen molar-refractivity contribution >= 4 is 46.8 Å². The summed E-state index contributed by atoms with van der Waals surface area (Å²) in [5, 5.41) is 4.08. The van der Waals surface area contributed by atoms with Crippen LogP contribution in [0.3, 0.4) is 0 Å². The number of carbonyl (C=O) groups excluding carboxylic acids is 2. The summed E-state index contributed by atoms with van der Waals surface area (Å²) in [5.41, 5.74) is 2.88. The van der Waals surface area contributed by atoms with E-state index in [1.54, 1.807) is 17.0 Å². The SMILES string of the molecule is CCC(C)NC(=O)C(Cc1ccccc1)N(Cc1ccc(Cl)cc1Cl)C(=O)CSCc1ccccc1. The first-order valence-corrected chi connectivity index (χ1v) is 14.0. The number of hydrogen-bond acceptors (Lipinski definition) is 3. The second-order valence-electron chi connectivity index (χ2n) is 8.76. The first kappa shape index (κ1) is 28.1. The van der Waals surface area contributed by atoms with E-state index in [2.05, 4.69) is 5.32 Å². The Morgan fingerprint density at radius 2 is 1.58 bits per heavy atom. The van der Waals surface area contributed by atoms with E-state index in [1.807, 2.05) is 80.6 Å². The maximum Gasteiger partial charge on any atom is 0.243 e. The van der Waals surface area contributed by atoms with Crippen molar-refractivity contribution in [1.29, 1.82) is 0 Å². The maximum atomic E-state index is 13.7. The van der Waals surface area contributed by atoms with E-state index in [4.69, 9.17) is 23.2 Å². The number of thioether (sulfide) groups is 1. The minimum Gasteiger partial charge on any atom is -0.352 e. The van der Waals surface area contributed by atoms with Crippen LogP contribution in [0.15, 0.2) is 78.9 Å². The summed E-state index contributed by atoms with van der Waals surface area (Å²) in [5.74, 6) is 0.689. The van der Waals surface area contributed by atoms with Crippen LogP contribution in [0, 0.1) is 0 Å². The molecule has 0 aliphatic heterocycles. The Kier molecular flexibility index (Phi) is 11.2. The molecule has 2 unspecified atom stereocenters. The number of amides is 2. The molecule has 3 rings (SSSR count). The molecule has 3 aromatic carbocycles. The minimum atomic E-state index is -0.682. The van der Waals surface area contributed by atoms with Crippen LogP contribution in [-0.2, 0) is 28.3 Å². The van der Waals surface area contributed by atoms with Gasteiger partial charge in [0.2, 0.25) is 11.8 Å². The molecule has 0 spiro atoms. The van der Waals surface area contributed by atoms with E-state index in [0.29, 0.717) is 22.2 Å². The van der Waals surface area contributed by atoms with Crippen LogP contribution in [0.1, 0.15) is 37.0 Å². The molecule has 2 amide bonds. The van der Waals surface area contributed by atoms with Gasteiger partial charge >= 0.3 is 0 Å². The Hall–Kier alpha value is -2.47. The molecule has 4 nitrogen and oxygen atoms in total. The molecule has 7 heteroatoms. The monoisotopic (exact) mass is 542 g/mol. The Balaban J connectivity index is 1.89. The van der Waals surface area contributed by atoms with Gasteiger partial charge in [0.1, 0.15) is 6.04 Å². The maximum absolute atomic E-state index is 13.7. The molecule has 1 N–H and O–H groups in total. The fraction of sp³-hybridized carbons (Fsp3) is 0.310. The van der Waals surface area contributed by atoms with E-state index >= 15 is 0 Å². The van der Waals surface area contributed by atoms with Crippen molar-refractivity contribution in [1.82, 2.24) is 10.2 Å². The fourth-order valence-corrected chi connectivity index (χ4v) is 5.08. The van der Waals surface area contributed by atoms with Gasteiger partial charge in [-0.25, -0.2) is 0 Å². The van der Waals surface area contributed by atoms with Gasteiger partial charge in [-0.2, -0.15) is 0 Å². The first-order valence-electron chi connectivity index (χ1n) is 12.1. The number of hydrogen-bond donors (Lipinski definition) is 1. The lowest BCUT2D eigenvalue weighted by molar-refractivity contribution is -0.139. The molecular weight excluding hydrogens is 511 g/mol. The van der Waals surface area contributed by atoms with Crippen molar-refractivity contribution in [2.75, 3.05) is 5.75 Å². The molecule has 0 fully saturated rings. The third kappa shape index (κ3) is 8.58. The second kappa shape index (κ2) is 14.3. The van der Waals surface area contributed by atoms with E-state index < -0.39 is 6.04 Å². The Bertz CT molecular complexity index is 1130. The fourth-order valence-electron chi connectivity index (χ4n) is 3.74. The smallest absolute Gasteiger partial charge is 0.243 e. The van der Waals surface area contributed by atoms with Crippen LogP contribution in [0.5, 0.6) is 0 Å². The summed E-state index contributed by atoms with van der Waals surface area (Å²) in [4.78, 5) is 28.8. The molecule has 0 aliphatic rings. The molecule has 0 bridgehead atoms. The predicted octanol–water partition coefficient (Wildman–Crippen LogP) is 6.78. The van der Waals surface area contributed by atoms with E-state index in [-0.39, 0.29) is 30.2 Å². The molecule has 0 saturated heterocycles. The lowest BCUT2D eigenvalue weighted by Gasteiger charge is -2.32. The van der Waals surface area contributed by atoms with Crippen molar-refractivity contribution in [3.63, 3.8) is 0 Å². The van der Waals surface area contributed by atoms with E-state index in [0.717, 1.165) is 23.1 Å². The quantitative estimate of drug-likeness (QED) is 0.274. The minimum absolute atomic E-state index is 0.000647. The highest BCUT2D eigenvalue weighted by molar-refractivity contribution is 7.99. The zero-order valence-corrected chi connectivity index (χ0v) is 23.0. The van der Waals surface area contributed by atoms with Crippen LogP contribution in [0.2, 0.25) is 10.0 Å². The highest BCUT2D eigenvalue weighted by Crippen LogP contribution is 2.25. The summed E-state index contributed by atoms with van der Waals surface area (Å²) in [7, 11) is 0. The lowest BCUT2D eigenvalue weighted by Crippen LogP contribution is -2.52. The zero-order valence-electron chi connectivity index (χ0n) is 20.6. The van der Waals surface area contributed by atoms with Gasteiger partial charge in [0.15, 0.2) is 0 Å². The topological polar surface area (TPSA) is 49.4 Å². The van der Waals surface area contributed by atoms with Gasteiger partial charge in [-0.15, -0.1) is 11.8 Å². The molecule has 3 aromatic rings. The molecule has 0 saturated carbocycles. The molecule has 2 atom stereocenters. The van der Waals surface area contributed by atoms with Gasteiger partial charge in [-0.05, 0) is 42.2 Å². The van der Waals surface area contributed by atoms with Crippen LogP contribution >= 0.6 is 35.0 Å². The van der Waals surface area contributed by atoms with Gasteiger partial charge in [-0.1, -0.05) is 96.9 Å². The van der Waals surface area contributed by atoms with Gasteiger partial charge in [0.25, 0.3) is 0 Å². The number of benzene rings is 3. The average Bonchev–Trinajstić information content (AvgIpc) is 2.88. The van der Waals surface area contributed by atoms with Crippen LogP contribution in [-0.4, -0.2) is 34.6 Å². The van der Waals surface area contributed by atoms with E-state index in [1.165, 1.54) is 11.8 Å². The first-order chi connectivity index (χ1) is 17.4. The largest absolute Gasteiger partial charge is 0.352 e. The summed E-state index contributed by atoms with van der Waals surface area (Å²) < 4.78 is 0. The lowest BCUT2D eigenvalue weighted by atomic mass is 10.0. The Morgan fingerprint density at radius 1 is 0.944 bits per heavy atom. The van der Waals surface area contributed by atoms with Crippen molar-refractivity contribution in [3.05, 3.63) is 106 Å². The molecule has 0 heterocycles. The molecule has 36 heavy (non-hydrogen) atoms. The van der Waals surface area contributed by atoms with E-state index in [9.17, 15) is 9.59 Å². The van der Waals surface area contributed by atoms with Crippen molar-refractivity contribution in [2.24, 2.45) is 0 Å². The average molecular weight is 544 g/mol. The molecule has 0 aliphatic carbocycles. The summed E-state index contributed by atoms with van der Waals surface area (Å²) in [6.07, 6.45) is 1.21. The highest BCUT2D eigenvalue weighted by Gasteiger charge is 2.31. The normalized spacial score (nSPS) is 12.6. The molecule has 190 valence electrons. The van der Waals surface area contributed by atoms with Crippen molar-refractivity contribution < 1.29 is 9.59 Å². The van der Waals surface area contributed by atoms with Gasteiger partial charge in [0, 0.05) is 34.8 Å². The molecule has 0 aromatic heterocycles. The predicted molar refractivity (Wildman–Crippen MR) is 151 cm³/mol. The molecular formula is C29H32Cl2N2O2S. The number of nitrogens with zero attached hydrogens (tertiary/aromatic N) is 1. The summed E-state index contributed by atoms with van der Waals surface area (Å²) in [6, 6.07) is 24.4. The highest BCUT2D eigenvalue weighted by atomic mass is 35.5. The standard InChI is InChI=1S/C29H32Cl2N2O2S/c1-3-21(2)32-29(35)27(16-22-10-6-4-7-11-22)33(18-24-14-15-25(30)17-26(24)31)28(34)20-36-19-23-12-8-5-9-13-23/h4-15,17,21,27H,3,16,18-20H2,1-2H3,(H,32,35). The Morgan fingerprint density at radius 3 is 2.19 bits per heavy atom. The number of halogens is 2. The van der Waals surface area contributed by atoms with Crippen LogP contribution < -0.4 is 5.32 Å². The van der Waals surface area contributed by atoms with Crippen LogP contribution in [0.4, 0.5) is 0 Å².